The average molecular weight is 251 g/mol. The van der Waals surface area contributed by atoms with Crippen molar-refractivity contribution >= 4 is 17.0 Å². The van der Waals surface area contributed by atoms with Crippen molar-refractivity contribution in [2.45, 2.75) is 27.2 Å². The van der Waals surface area contributed by atoms with E-state index in [1.807, 2.05) is 20.8 Å². The molecule has 0 aliphatic carbocycles. The molecule has 0 saturated carbocycles. The Kier molecular flexibility index (Phi) is 9.57. The van der Waals surface area contributed by atoms with Crippen LogP contribution < -0.4 is 0 Å². The summed E-state index contributed by atoms with van der Waals surface area (Å²) in [7, 11) is -1.92. The smallest absolute Gasteiger partial charge is 0.234 e. The summed E-state index contributed by atoms with van der Waals surface area (Å²) in [6.45, 7) is 7.80. The molecule has 0 aromatic carbocycles. The molecule has 0 fully saturated rings. The van der Waals surface area contributed by atoms with Crippen molar-refractivity contribution in [2.75, 3.05) is 32.1 Å². The summed E-state index contributed by atoms with van der Waals surface area (Å²) >= 11 is 0. The van der Waals surface area contributed by atoms with Crippen LogP contribution in [0.4, 0.5) is 0 Å². The molecule has 0 spiro atoms. The maximum Gasteiger partial charge on any atom is 0.234 e. The normalized spacial score (nSPS) is 12.2. The first kappa shape index (κ1) is 15.6. The van der Waals surface area contributed by atoms with Crippen LogP contribution in [-0.4, -0.2) is 38.2 Å². The summed E-state index contributed by atoms with van der Waals surface area (Å²) in [5.41, 5.74) is 0. The number of isocyanates is 1. The zero-order valence-electron chi connectivity index (χ0n) is 10.2. The van der Waals surface area contributed by atoms with Crippen molar-refractivity contribution < 1.29 is 17.3 Å². The van der Waals surface area contributed by atoms with E-state index in [2.05, 4.69) is 4.99 Å². The highest BCUT2D eigenvalue weighted by atomic mass is 32.3. The molecule has 0 aliphatic heterocycles. The number of carbonyl (C=O) groups excluding carboxylic acids is 1. The van der Waals surface area contributed by atoms with Gasteiger partial charge < -0.3 is 0 Å². The van der Waals surface area contributed by atoms with Gasteiger partial charge in [0.2, 0.25) is 6.08 Å². The fourth-order valence-corrected chi connectivity index (χ4v) is 3.30. The highest BCUT2D eigenvalue weighted by molar-refractivity contribution is 8.21. The first-order valence-electron chi connectivity index (χ1n) is 5.52. The number of hydrogen-bond donors (Lipinski definition) is 0. The van der Waals surface area contributed by atoms with Crippen LogP contribution >= 0.6 is 10.9 Å². The lowest BCUT2D eigenvalue weighted by Gasteiger charge is -2.36. The predicted molar refractivity (Wildman–Crippen MR) is 64.9 cm³/mol. The molecule has 0 amide bonds. The van der Waals surface area contributed by atoms with E-state index in [1.165, 1.54) is 6.08 Å². The fraction of sp³-hybridized carbons (Fsp3) is 0.900. The van der Waals surface area contributed by atoms with Gasteiger partial charge in [0.15, 0.2) is 0 Å². The molecule has 0 heterocycles. The standard InChI is InChI=1S/C10H21NO4S/c1-4-13-16(14-5-2,15-6-3)9-7-8-11-10-12/h4-9H2,1-3H3. The number of hydrogen-bond acceptors (Lipinski definition) is 5. The van der Waals surface area contributed by atoms with Crippen LogP contribution in [0, 0.1) is 0 Å². The molecule has 0 unspecified atom stereocenters. The second-order valence-electron chi connectivity index (χ2n) is 2.81. The lowest BCUT2D eigenvalue weighted by molar-refractivity contribution is 0.185. The van der Waals surface area contributed by atoms with Crippen molar-refractivity contribution in [3.05, 3.63) is 0 Å². The van der Waals surface area contributed by atoms with Crippen LogP contribution in [0.15, 0.2) is 4.99 Å². The molecular weight excluding hydrogens is 230 g/mol. The SMILES string of the molecule is CCOS(CCCN=C=O)(OCC)OCC. The van der Waals surface area contributed by atoms with E-state index in [1.54, 1.807) is 0 Å². The summed E-state index contributed by atoms with van der Waals surface area (Å²) < 4.78 is 16.8. The molecule has 0 N–H and O–H groups in total. The number of nitrogens with zero attached hydrogens (tertiary/aromatic N) is 1. The van der Waals surface area contributed by atoms with Gasteiger partial charge in [-0.3, -0.25) is 12.5 Å². The van der Waals surface area contributed by atoms with Crippen LogP contribution in [0.5, 0.6) is 0 Å². The van der Waals surface area contributed by atoms with E-state index < -0.39 is 10.9 Å². The van der Waals surface area contributed by atoms with Gasteiger partial charge in [0.1, 0.15) is 0 Å². The first-order chi connectivity index (χ1) is 7.74. The largest absolute Gasteiger partial charge is 0.293 e. The minimum absolute atomic E-state index is 0.436. The van der Waals surface area contributed by atoms with Crippen LogP contribution in [0.3, 0.4) is 0 Å². The highest BCUT2D eigenvalue weighted by Crippen LogP contribution is 2.51. The Morgan fingerprint density at radius 3 is 1.94 bits per heavy atom. The predicted octanol–water partition coefficient (Wildman–Crippen LogP) is 2.37. The molecule has 0 aliphatic rings. The Hall–Kier alpha value is -0.390. The van der Waals surface area contributed by atoms with Gasteiger partial charge in [-0.25, -0.2) is 9.79 Å². The minimum Gasteiger partial charge on any atom is -0.293 e. The van der Waals surface area contributed by atoms with Crippen molar-refractivity contribution in [3.63, 3.8) is 0 Å². The first-order valence-corrected chi connectivity index (χ1v) is 7.10. The molecule has 0 radical (unpaired) electrons. The van der Waals surface area contributed by atoms with E-state index in [4.69, 9.17) is 12.5 Å². The van der Waals surface area contributed by atoms with Crippen LogP contribution in [-0.2, 0) is 17.3 Å². The Balaban J connectivity index is 4.27. The number of rotatable bonds is 10. The molecule has 0 saturated heterocycles. The van der Waals surface area contributed by atoms with Crippen LogP contribution in [0.25, 0.3) is 0 Å². The van der Waals surface area contributed by atoms with Gasteiger partial charge in [-0.1, -0.05) is 0 Å². The van der Waals surface area contributed by atoms with Gasteiger partial charge >= 0.3 is 0 Å². The van der Waals surface area contributed by atoms with Gasteiger partial charge in [0.25, 0.3) is 0 Å². The highest BCUT2D eigenvalue weighted by Gasteiger charge is 2.25. The molecular formula is C10H21NO4S. The van der Waals surface area contributed by atoms with Gasteiger partial charge in [-0.2, -0.15) is 0 Å². The Morgan fingerprint density at radius 1 is 1.06 bits per heavy atom. The molecule has 5 nitrogen and oxygen atoms in total. The third-order valence-corrected chi connectivity index (χ3v) is 4.19. The Labute approximate surface area is 99.1 Å². The molecule has 0 rings (SSSR count). The van der Waals surface area contributed by atoms with Gasteiger partial charge in [0, 0.05) is 5.75 Å². The molecule has 0 aromatic heterocycles. The number of aliphatic imine (C=N–C) groups is 1. The second kappa shape index (κ2) is 9.81. The Morgan fingerprint density at radius 2 is 1.56 bits per heavy atom. The molecule has 0 aromatic rings. The fourth-order valence-electron chi connectivity index (χ4n) is 1.18. The topological polar surface area (TPSA) is 57.1 Å². The van der Waals surface area contributed by atoms with Gasteiger partial charge in [0.05, 0.1) is 37.2 Å². The lowest BCUT2D eigenvalue weighted by Crippen LogP contribution is -2.17. The lowest BCUT2D eigenvalue weighted by atomic mass is 10.5. The third kappa shape index (κ3) is 6.25. The summed E-state index contributed by atoms with van der Waals surface area (Å²) in [6.07, 6.45) is 2.21. The van der Waals surface area contributed by atoms with Gasteiger partial charge in [-0.15, -0.1) is 0 Å². The van der Waals surface area contributed by atoms with E-state index in [0.29, 0.717) is 38.5 Å². The molecule has 6 heteroatoms. The van der Waals surface area contributed by atoms with Gasteiger partial charge in [-0.05, 0) is 27.2 Å². The van der Waals surface area contributed by atoms with Crippen LogP contribution in [0.2, 0.25) is 0 Å². The third-order valence-electron chi connectivity index (χ3n) is 1.62. The van der Waals surface area contributed by atoms with E-state index in [9.17, 15) is 4.79 Å². The quantitative estimate of drug-likeness (QED) is 0.340. The average Bonchev–Trinajstić information content (AvgIpc) is 2.26. The summed E-state index contributed by atoms with van der Waals surface area (Å²) in [6, 6.07) is 0. The van der Waals surface area contributed by atoms with Crippen molar-refractivity contribution in [1.29, 1.82) is 0 Å². The zero-order valence-corrected chi connectivity index (χ0v) is 11.0. The van der Waals surface area contributed by atoms with E-state index in [-0.39, 0.29) is 0 Å². The maximum absolute atomic E-state index is 9.93. The monoisotopic (exact) mass is 251 g/mol. The summed E-state index contributed by atoms with van der Waals surface area (Å²) in [4.78, 5) is 13.4. The van der Waals surface area contributed by atoms with Crippen LogP contribution in [0.1, 0.15) is 27.2 Å². The maximum atomic E-state index is 9.93. The summed E-state index contributed by atoms with van der Waals surface area (Å²) in [5.74, 6) is 0.633. The van der Waals surface area contributed by atoms with Crippen molar-refractivity contribution in [2.24, 2.45) is 4.99 Å². The molecule has 0 atom stereocenters. The summed E-state index contributed by atoms with van der Waals surface area (Å²) in [5, 5.41) is 0. The molecule has 16 heavy (non-hydrogen) atoms. The molecule has 0 bridgehead atoms. The molecule has 96 valence electrons. The Bertz CT molecular complexity index is 202. The van der Waals surface area contributed by atoms with E-state index >= 15 is 0 Å². The van der Waals surface area contributed by atoms with E-state index in [0.717, 1.165) is 0 Å². The van der Waals surface area contributed by atoms with Crippen molar-refractivity contribution in [1.82, 2.24) is 0 Å². The second-order valence-corrected chi connectivity index (χ2v) is 5.04. The zero-order chi connectivity index (χ0) is 12.3. The minimum atomic E-state index is -1.92. The van der Waals surface area contributed by atoms with Crippen molar-refractivity contribution in [3.8, 4) is 0 Å².